The predicted octanol–water partition coefficient (Wildman–Crippen LogP) is 5.41. The molecule has 3 amide bonds. The van der Waals surface area contributed by atoms with Gasteiger partial charge in [-0.1, -0.05) is 47.4 Å². The number of thioether (sulfide) groups is 1. The number of para-hydroxylation sites is 1. The first-order valence-electron chi connectivity index (χ1n) is 12.7. The quantitative estimate of drug-likeness (QED) is 0.218. The van der Waals surface area contributed by atoms with Crippen LogP contribution in [0.5, 0.6) is 5.75 Å². The Morgan fingerprint density at radius 3 is 2.47 bits per heavy atom. The van der Waals surface area contributed by atoms with Crippen molar-refractivity contribution in [3.8, 4) is 5.75 Å². The van der Waals surface area contributed by atoms with Crippen molar-refractivity contribution in [2.75, 3.05) is 16.8 Å². The summed E-state index contributed by atoms with van der Waals surface area (Å²) in [7, 11) is 0. The molecule has 4 aromatic rings. The standard InChI is InChI=1S/C29H19F4N3O5S2/c30-15-8-10-16(11-9-15)34-20(37)13-41-19-7-2-1-6-18(19)21-22-24(42-25-23(21)43-28(40)35-25)27(39)36(26(22)38)17-5-3-4-14(12-17)29(31,32)33/h1-12,21-22,24H,13H2,(H,34,37)(H,35,40)/t21-,22-,24+/m0/s1. The topological polar surface area (TPSA) is 109 Å². The SMILES string of the molecule is O=C(COc1ccccc1[C@@H]1c2sc(=O)[nH]c2S[C@H]2C(=O)N(c3cccc(C(F)(F)F)c3)C(=O)[C@@H]12)Nc1ccc(F)cc1. The Morgan fingerprint density at radius 2 is 1.72 bits per heavy atom. The number of ether oxygens (including phenoxy) is 1. The van der Waals surface area contributed by atoms with E-state index in [-0.39, 0.29) is 11.4 Å². The molecule has 0 saturated carbocycles. The number of nitrogens with one attached hydrogen (secondary N) is 2. The molecule has 2 N–H and O–H groups in total. The van der Waals surface area contributed by atoms with E-state index in [0.717, 1.165) is 46.2 Å². The monoisotopic (exact) mass is 629 g/mol. The molecule has 8 nitrogen and oxygen atoms in total. The summed E-state index contributed by atoms with van der Waals surface area (Å²) in [5.41, 5.74) is -0.457. The summed E-state index contributed by atoms with van der Waals surface area (Å²) in [4.78, 5) is 56.0. The number of rotatable bonds is 6. The Labute approximate surface area is 248 Å². The molecular weight excluding hydrogens is 610 g/mol. The molecule has 0 radical (unpaired) electrons. The molecule has 2 aliphatic heterocycles. The molecule has 1 saturated heterocycles. The molecule has 0 spiro atoms. The van der Waals surface area contributed by atoms with Crippen molar-refractivity contribution >= 4 is 52.2 Å². The minimum Gasteiger partial charge on any atom is -0.483 e. The third-order valence-corrected chi connectivity index (χ3v) is 9.40. The van der Waals surface area contributed by atoms with Crippen molar-refractivity contribution in [1.29, 1.82) is 0 Å². The third kappa shape index (κ3) is 5.43. The molecule has 1 aromatic heterocycles. The largest absolute Gasteiger partial charge is 0.483 e. The lowest BCUT2D eigenvalue weighted by Gasteiger charge is -2.30. The number of thiazole rings is 1. The van der Waals surface area contributed by atoms with Crippen LogP contribution in [0.3, 0.4) is 0 Å². The minimum absolute atomic E-state index is 0.206. The van der Waals surface area contributed by atoms with Crippen molar-refractivity contribution in [1.82, 2.24) is 4.98 Å². The first-order valence-corrected chi connectivity index (χ1v) is 14.4. The van der Waals surface area contributed by atoms with Crippen molar-refractivity contribution in [3.05, 3.63) is 104 Å². The number of anilines is 2. The van der Waals surface area contributed by atoms with Gasteiger partial charge in [0.15, 0.2) is 6.61 Å². The van der Waals surface area contributed by atoms with Crippen LogP contribution in [-0.2, 0) is 20.6 Å². The maximum Gasteiger partial charge on any atom is 0.416 e. The fraction of sp³-hybridized carbons (Fsp3) is 0.172. The van der Waals surface area contributed by atoms with E-state index in [2.05, 4.69) is 10.3 Å². The molecule has 0 aliphatic carbocycles. The number of benzene rings is 3. The molecule has 0 unspecified atom stereocenters. The Hall–Kier alpha value is -4.43. The number of hydrogen-bond donors (Lipinski definition) is 2. The van der Waals surface area contributed by atoms with Crippen LogP contribution in [0.1, 0.15) is 21.9 Å². The minimum atomic E-state index is -4.69. The van der Waals surface area contributed by atoms with Crippen molar-refractivity contribution in [2.24, 2.45) is 5.92 Å². The van der Waals surface area contributed by atoms with Crippen LogP contribution in [0.25, 0.3) is 0 Å². The summed E-state index contributed by atoms with van der Waals surface area (Å²) in [6.07, 6.45) is -4.69. The summed E-state index contributed by atoms with van der Waals surface area (Å²) in [6, 6.07) is 15.6. The van der Waals surface area contributed by atoms with Crippen LogP contribution < -0.4 is 19.8 Å². The number of carbonyl (C=O) groups excluding carboxylic acids is 3. The van der Waals surface area contributed by atoms with Gasteiger partial charge < -0.3 is 15.0 Å². The lowest BCUT2D eigenvalue weighted by molar-refractivity contribution is -0.137. The molecule has 1 fully saturated rings. The lowest BCUT2D eigenvalue weighted by atomic mass is 9.82. The maximum absolute atomic E-state index is 13.9. The molecule has 43 heavy (non-hydrogen) atoms. The Balaban J connectivity index is 1.34. The molecule has 2 aliphatic rings. The van der Waals surface area contributed by atoms with E-state index < -0.39 is 63.8 Å². The summed E-state index contributed by atoms with van der Waals surface area (Å²) < 4.78 is 59.3. The molecule has 3 aromatic carbocycles. The van der Waals surface area contributed by atoms with E-state index in [0.29, 0.717) is 21.2 Å². The Bertz CT molecular complexity index is 1800. The van der Waals surface area contributed by atoms with E-state index in [9.17, 15) is 36.7 Å². The summed E-state index contributed by atoms with van der Waals surface area (Å²) in [5, 5.41) is 1.91. The number of hydrogen-bond acceptors (Lipinski definition) is 7. The number of aromatic nitrogens is 1. The smallest absolute Gasteiger partial charge is 0.416 e. The van der Waals surface area contributed by atoms with E-state index >= 15 is 0 Å². The van der Waals surface area contributed by atoms with Crippen LogP contribution in [0.15, 0.2) is 82.6 Å². The third-order valence-electron chi connectivity index (χ3n) is 7.00. The number of H-pyrrole nitrogens is 1. The van der Waals surface area contributed by atoms with Gasteiger partial charge in [-0.25, -0.2) is 9.29 Å². The summed E-state index contributed by atoms with van der Waals surface area (Å²) in [6.45, 7) is -0.455. The van der Waals surface area contributed by atoms with Gasteiger partial charge in [0.05, 0.1) is 22.2 Å². The van der Waals surface area contributed by atoms with Gasteiger partial charge in [0.25, 0.3) is 5.91 Å². The van der Waals surface area contributed by atoms with Gasteiger partial charge in [-0.05, 0) is 48.5 Å². The highest BCUT2D eigenvalue weighted by molar-refractivity contribution is 8.00. The number of alkyl halides is 3. The molecule has 14 heteroatoms. The summed E-state index contributed by atoms with van der Waals surface area (Å²) >= 11 is 1.84. The highest BCUT2D eigenvalue weighted by Crippen LogP contribution is 2.54. The van der Waals surface area contributed by atoms with E-state index in [4.69, 9.17) is 4.74 Å². The van der Waals surface area contributed by atoms with E-state index in [1.165, 1.54) is 30.3 Å². The number of fused-ring (bicyclic) bond motifs is 2. The number of amides is 3. The maximum atomic E-state index is 13.9. The zero-order valence-electron chi connectivity index (χ0n) is 21.7. The van der Waals surface area contributed by atoms with Crippen LogP contribution in [-0.4, -0.2) is 34.6 Å². The van der Waals surface area contributed by atoms with Gasteiger partial charge in [0.1, 0.15) is 16.8 Å². The van der Waals surface area contributed by atoms with E-state index in [1.807, 2.05) is 0 Å². The summed E-state index contributed by atoms with van der Waals surface area (Å²) in [5.74, 6) is -4.20. The number of nitrogens with zero attached hydrogens (tertiary/aromatic N) is 1. The van der Waals surface area contributed by atoms with Gasteiger partial charge in [-0.2, -0.15) is 13.2 Å². The second-order valence-corrected chi connectivity index (χ2v) is 11.9. The molecule has 0 bridgehead atoms. The van der Waals surface area contributed by atoms with Gasteiger partial charge in [0.2, 0.25) is 11.8 Å². The fourth-order valence-electron chi connectivity index (χ4n) is 5.17. The van der Waals surface area contributed by atoms with Gasteiger partial charge in [-0.3, -0.25) is 19.2 Å². The first kappa shape index (κ1) is 28.7. The zero-order chi connectivity index (χ0) is 30.5. The highest BCUT2D eigenvalue weighted by atomic mass is 32.2. The second-order valence-electron chi connectivity index (χ2n) is 9.69. The number of aromatic amines is 1. The predicted molar refractivity (Wildman–Crippen MR) is 151 cm³/mol. The van der Waals surface area contributed by atoms with Gasteiger partial charge >= 0.3 is 11.0 Å². The average molecular weight is 630 g/mol. The number of halogens is 4. The molecular formula is C29H19F4N3O5S2. The van der Waals surface area contributed by atoms with Crippen molar-refractivity contribution in [2.45, 2.75) is 22.4 Å². The van der Waals surface area contributed by atoms with Gasteiger partial charge in [-0.15, -0.1) is 0 Å². The zero-order valence-corrected chi connectivity index (χ0v) is 23.3. The molecule has 6 rings (SSSR count). The average Bonchev–Trinajstić information content (AvgIpc) is 3.47. The number of imide groups is 1. The van der Waals surface area contributed by atoms with Crippen molar-refractivity contribution < 1.29 is 36.7 Å². The normalized spacial score (nSPS) is 19.6. The Morgan fingerprint density at radius 1 is 0.977 bits per heavy atom. The van der Waals surface area contributed by atoms with Gasteiger partial charge in [0, 0.05) is 22.0 Å². The van der Waals surface area contributed by atoms with Crippen LogP contribution >= 0.6 is 23.1 Å². The molecule has 3 heterocycles. The first-order chi connectivity index (χ1) is 20.5. The second kappa shape index (κ2) is 11.0. The van der Waals surface area contributed by atoms with Crippen LogP contribution in [0.4, 0.5) is 28.9 Å². The fourth-order valence-corrected chi connectivity index (χ4v) is 7.68. The Kier molecular flexibility index (Phi) is 7.34. The molecule has 3 atom stereocenters. The van der Waals surface area contributed by atoms with E-state index in [1.54, 1.807) is 24.3 Å². The van der Waals surface area contributed by atoms with Crippen molar-refractivity contribution in [3.63, 3.8) is 0 Å². The lowest BCUT2D eigenvalue weighted by Crippen LogP contribution is -2.32. The highest BCUT2D eigenvalue weighted by Gasteiger charge is 2.57. The molecule has 220 valence electrons. The number of carbonyl (C=O) groups is 3. The van der Waals surface area contributed by atoms with Crippen LogP contribution in [0.2, 0.25) is 0 Å². The van der Waals surface area contributed by atoms with Crippen LogP contribution in [0, 0.1) is 11.7 Å².